The molecule has 2 aliphatic heterocycles. The summed E-state index contributed by atoms with van der Waals surface area (Å²) >= 11 is 0. The average molecular weight is 354 g/mol. The third-order valence-corrected chi connectivity index (χ3v) is 4.98. The Hall–Kier alpha value is -2.21. The van der Waals surface area contributed by atoms with E-state index in [0.29, 0.717) is 30.1 Å². The van der Waals surface area contributed by atoms with E-state index in [1.54, 1.807) is 19.2 Å². The molecule has 0 saturated carbocycles. The van der Waals surface area contributed by atoms with Crippen molar-refractivity contribution < 1.29 is 23.7 Å². The molecule has 0 radical (unpaired) electrons. The Morgan fingerprint density at radius 1 is 0.885 bits per heavy atom. The van der Waals surface area contributed by atoms with Crippen LogP contribution in [0.1, 0.15) is 21.5 Å². The summed E-state index contributed by atoms with van der Waals surface area (Å²) in [5.74, 6) is 0.701. The zero-order valence-corrected chi connectivity index (χ0v) is 14.9. The largest absolute Gasteiger partial charge is 0.485 e. The van der Waals surface area contributed by atoms with Gasteiger partial charge in [0.25, 0.3) is 0 Å². The lowest BCUT2D eigenvalue weighted by atomic mass is 10.0. The highest BCUT2D eigenvalue weighted by Crippen LogP contribution is 2.31. The van der Waals surface area contributed by atoms with Crippen molar-refractivity contribution in [1.82, 2.24) is 0 Å². The minimum atomic E-state index is -0.168. The first kappa shape index (κ1) is 17.2. The fraction of sp³-hybridized carbons (Fsp3) is 0.381. The molecule has 0 amide bonds. The van der Waals surface area contributed by atoms with Gasteiger partial charge in [-0.3, -0.25) is 4.79 Å². The fourth-order valence-corrected chi connectivity index (χ4v) is 3.46. The maximum atomic E-state index is 12.5. The molecule has 4 atom stereocenters. The summed E-state index contributed by atoms with van der Waals surface area (Å²) in [7, 11) is 1.66. The molecule has 1 unspecified atom stereocenters. The van der Waals surface area contributed by atoms with E-state index in [2.05, 4.69) is 0 Å². The molecule has 0 N–H and O–H groups in total. The van der Waals surface area contributed by atoms with Gasteiger partial charge in [-0.2, -0.15) is 0 Å². The molecule has 0 aromatic heterocycles. The molecule has 5 heteroatoms. The van der Waals surface area contributed by atoms with Gasteiger partial charge in [0.05, 0.1) is 13.2 Å². The Morgan fingerprint density at radius 2 is 1.42 bits per heavy atom. The Labute approximate surface area is 152 Å². The molecule has 2 fully saturated rings. The number of hydrogen-bond acceptors (Lipinski definition) is 5. The average Bonchev–Trinajstić information content (AvgIpc) is 3.25. The van der Waals surface area contributed by atoms with E-state index < -0.39 is 0 Å². The number of fused-ring (bicyclic) bond motifs is 1. The first-order chi connectivity index (χ1) is 12.7. The molecule has 2 heterocycles. The van der Waals surface area contributed by atoms with E-state index in [4.69, 9.17) is 18.9 Å². The van der Waals surface area contributed by atoms with Crippen LogP contribution >= 0.6 is 0 Å². The van der Waals surface area contributed by atoms with Crippen molar-refractivity contribution in [3.8, 4) is 5.75 Å². The predicted molar refractivity (Wildman–Crippen MR) is 95.7 cm³/mol. The van der Waals surface area contributed by atoms with Crippen LogP contribution in [0.2, 0.25) is 0 Å². The Balaban J connectivity index is 1.42. The van der Waals surface area contributed by atoms with Crippen LogP contribution in [0.15, 0.2) is 48.5 Å². The summed E-state index contributed by atoms with van der Waals surface area (Å²) in [6, 6.07) is 14.8. The van der Waals surface area contributed by atoms with Crippen molar-refractivity contribution in [1.29, 1.82) is 0 Å². The van der Waals surface area contributed by atoms with Crippen LogP contribution in [0.25, 0.3) is 0 Å². The lowest BCUT2D eigenvalue weighted by molar-refractivity contribution is -0.0138. The molecule has 26 heavy (non-hydrogen) atoms. The van der Waals surface area contributed by atoms with Crippen LogP contribution in [-0.4, -0.2) is 50.5 Å². The van der Waals surface area contributed by atoms with Crippen molar-refractivity contribution in [2.75, 3.05) is 20.3 Å². The number of hydrogen-bond donors (Lipinski definition) is 0. The third kappa shape index (κ3) is 3.26. The molecule has 136 valence electrons. The van der Waals surface area contributed by atoms with Gasteiger partial charge in [-0.15, -0.1) is 0 Å². The highest BCUT2D eigenvalue weighted by Gasteiger charge is 2.49. The zero-order valence-electron chi connectivity index (χ0n) is 14.9. The zero-order chi connectivity index (χ0) is 18.1. The number of ether oxygens (including phenoxy) is 4. The van der Waals surface area contributed by atoms with Crippen LogP contribution in [0, 0.1) is 6.92 Å². The van der Waals surface area contributed by atoms with Gasteiger partial charge in [0.15, 0.2) is 11.9 Å². The molecule has 0 aliphatic carbocycles. The van der Waals surface area contributed by atoms with Crippen LogP contribution in [0.5, 0.6) is 5.75 Å². The summed E-state index contributed by atoms with van der Waals surface area (Å²) in [4.78, 5) is 12.5. The van der Waals surface area contributed by atoms with Crippen molar-refractivity contribution in [3.63, 3.8) is 0 Å². The van der Waals surface area contributed by atoms with Gasteiger partial charge in [0.1, 0.15) is 24.1 Å². The number of benzene rings is 2. The lowest BCUT2D eigenvalue weighted by Gasteiger charge is -2.18. The van der Waals surface area contributed by atoms with Crippen molar-refractivity contribution in [2.45, 2.75) is 31.3 Å². The van der Waals surface area contributed by atoms with E-state index >= 15 is 0 Å². The molecule has 4 rings (SSSR count). The summed E-state index contributed by atoms with van der Waals surface area (Å²) in [5, 5.41) is 0. The third-order valence-electron chi connectivity index (χ3n) is 4.98. The minimum Gasteiger partial charge on any atom is -0.485 e. The number of carbonyl (C=O) groups is 1. The Kier molecular flexibility index (Phi) is 4.76. The molecule has 5 nitrogen and oxygen atoms in total. The van der Waals surface area contributed by atoms with Crippen LogP contribution in [-0.2, 0) is 14.2 Å². The van der Waals surface area contributed by atoms with Crippen LogP contribution in [0.4, 0.5) is 0 Å². The number of rotatable bonds is 5. The van der Waals surface area contributed by atoms with Gasteiger partial charge in [0.2, 0.25) is 0 Å². The lowest BCUT2D eigenvalue weighted by Crippen LogP contribution is -2.35. The van der Waals surface area contributed by atoms with E-state index in [9.17, 15) is 4.79 Å². The smallest absolute Gasteiger partial charge is 0.193 e. The number of carbonyl (C=O) groups excluding carboxylic acids is 1. The van der Waals surface area contributed by atoms with Crippen LogP contribution in [0.3, 0.4) is 0 Å². The molecule has 2 saturated heterocycles. The predicted octanol–water partition coefficient (Wildman–Crippen LogP) is 2.79. The molecule has 2 aliphatic rings. The van der Waals surface area contributed by atoms with Crippen molar-refractivity contribution >= 4 is 5.78 Å². The van der Waals surface area contributed by atoms with E-state index in [1.165, 1.54) is 0 Å². The summed E-state index contributed by atoms with van der Waals surface area (Å²) < 4.78 is 22.9. The molecule has 0 spiro atoms. The Morgan fingerprint density at radius 3 is 2.04 bits per heavy atom. The summed E-state index contributed by atoms with van der Waals surface area (Å²) in [5.41, 5.74) is 2.45. The van der Waals surface area contributed by atoms with Gasteiger partial charge in [0, 0.05) is 18.2 Å². The standard InChI is InChI=1S/C21H22O5/c1-13-3-5-14(6-4-13)19(22)15-7-9-16(10-8-15)26-18-12-25-20-17(23-2)11-24-21(18)20/h3-10,17-18,20-21H,11-12H2,1-2H3/t17-,18?,20-,21-/m1/s1. The number of aryl methyl sites for hydroxylation is 1. The van der Waals surface area contributed by atoms with E-state index in [0.717, 1.165) is 5.56 Å². The van der Waals surface area contributed by atoms with Gasteiger partial charge < -0.3 is 18.9 Å². The molecular formula is C21H22O5. The summed E-state index contributed by atoms with van der Waals surface area (Å²) in [6.07, 6.45) is -0.400. The topological polar surface area (TPSA) is 54.0 Å². The first-order valence-electron chi connectivity index (χ1n) is 8.80. The number of methoxy groups -OCH3 is 1. The first-order valence-corrected chi connectivity index (χ1v) is 8.80. The van der Waals surface area contributed by atoms with Crippen molar-refractivity contribution in [3.05, 3.63) is 65.2 Å². The van der Waals surface area contributed by atoms with Crippen molar-refractivity contribution in [2.24, 2.45) is 0 Å². The second-order valence-corrected chi connectivity index (χ2v) is 6.75. The molecule has 2 aromatic rings. The number of ketones is 1. The second kappa shape index (κ2) is 7.19. The molecular weight excluding hydrogens is 332 g/mol. The van der Waals surface area contributed by atoms with E-state index in [-0.39, 0.29) is 30.2 Å². The summed E-state index contributed by atoms with van der Waals surface area (Å²) in [6.45, 7) is 3.00. The fourth-order valence-electron chi connectivity index (χ4n) is 3.46. The molecule has 2 aromatic carbocycles. The highest BCUT2D eigenvalue weighted by molar-refractivity contribution is 6.09. The molecule has 0 bridgehead atoms. The monoisotopic (exact) mass is 354 g/mol. The maximum absolute atomic E-state index is 12.5. The highest BCUT2D eigenvalue weighted by atomic mass is 16.6. The van der Waals surface area contributed by atoms with Gasteiger partial charge >= 0.3 is 0 Å². The quantitative estimate of drug-likeness (QED) is 0.773. The maximum Gasteiger partial charge on any atom is 0.193 e. The van der Waals surface area contributed by atoms with Gasteiger partial charge in [-0.25, -0.2) is 0 Å². The van der Waals surface area contributed by atoms with Crippen LogP contribution < -0.4 is 4.74 Å². The van der Waals surface area contributed by atoms with Gasteiger partial charge in [-0.1, -0.05) is 29.8 Å². The normalized spacial score (nSPS) is 27.3. The second-order valence-electron chi connectivity index (χ2n) is 6.75. The van der Waals surface area contributed by atoms with Gasteiger partial charge in [-0.05, 0) is 31.2 Å². The Bertz CT molecular complexity index is 768. The SMILES string of the molecule is CO[C@@H]1CO[C@@H]2C(Oc3ccc(C(=O)c4ccc(C)cc4)cc3)CO[C@@H]21. The van der Waals surface area contributed by atoms with E-state index in [1.807, 2.05) is 43.3 Å². The minimum absolute atomic E-state index is 0.00266.